The second kappa shape index (κ2) is 4.53. The van der Waals surface area contributed by atoms with Crippen LogP contribution in [0.2, 0.25) is 0 Å². The quantitative estimate of drug-likeness (QED) is 0.742. The van der Waals surface area contributed by atoms with Gasteiger partial charge in [0.05, 0.1) is 6.10 Å². The first kappa shape index (κ1) is 9.62. The minimum atomic E-state index is -0.299. The Morgan fingerprint density at radius 2 is 2.50 bits per heavy atom. The highest BCUT2D eigenvalue weighted by Gasteiger charge is 2.22. The van der Waals surface area contributed by atoms with Gasteiger partial charge in [-0.05, 0) is 31.5 Å². The lowest BCUT2D eigenvalue weighted by atomic mass is 10.0. The molecule has 1 aromatic rings. The third-order valence-corrected chi connectivity index (χ3v) is 2.71. The van der Waals surface area contributed by atoms with Gasteiger partial charge in [0.1, 0.15) is 0 Å². The van der Waals surface area contributed by atoms with Crippen LogP contribution in [-0.2, 0) is 6.42 Å². The molecule has 1 unspecified atom stereocenters. The third-order valence-electron chi connectivity index (χ3n) is 2.71. The fourth-order valence-electron chi connectivity index (χ4n) is 1.92. The molecule has 1 fully saturated rings. The lowest BCUT2D eigenvalue weighted by Crippen LogP contribution is -2.36. The molecule has 1 aliphatic heterocycles. The standard InChI is InChI=1S/C11H16N2O/c14-11(10-5-3-7-13-10)8-9-4-1-2-6-12-9/h1-2,4,6,10-11,13-14H,3,5,7-8H2/t10-,11?/m1/s1. The number of hydrogen-bond donors (Lipinski definition) is 2. The summed E-state index contributed by atoms with van der Waals surface area (Å²) in [6.45, 7) is 1.03. The molecule has 0 bridgehead atoms. The van der Waals surface area contributed by atoms with Gasteiger partial charge in [-0.3, -0.25) is 4.98 Å². The van der Waals surface area contributed by atoms with Gasteiger partial charge in [-0.15, -0.1) is 0 Å². The number of nitrogens with one attached hydrogen (secondary N) is 1. The molecule has 3 heteroatoms. The van der Waals surface area contributed by atoms with E-state index in [0.29, 0.717) is 6.42 Å². The zero-order chi connectivity index (χ0) is 9.80. The second-order valence-corrected chi connectivity index (χ2v) is 3.80. The van der Waals surface area contributed by atoms with Crippen LogP contribution >= 0.6 is 0 Å². The van der Waals surface area contributed by atoms with Crippen LogP contribution in [-0.4, -0.2) is 28.8 Å². The summed E-state index contributed by atoms with van der Waals surface area (Å²) in [4.78, 5) is 4.20. The molecule has 2 rings (SSSR count). The van der Waals surface area contributed by atoms with Crippen molar-refractivity contribution in [2.24, 2.45) is 0 Å². The van der Waals surface area contributed by atoms with Crippen LogP contribution in [0.1, 0.15) is 18.5 Å². The monoisotopic (exact) mass is 192 g/mol. The number of pyridine rings is 1. The highest BCUT2D eigenvalue weighted by molar-refractivity contribution is 5.05. The fraction of sp³-hybridized carbons (Fsp3) is 0.545. The molecule has 0 spiro atoms. The van der Waals surface area contributed by atoms with Crippen LogP contribution in [0.4, 0.5) is 0 Å². The van der Waals surface area contributed by atoms with E-state index < -0.39 is 0 Å². The number of rotatable bonds is 3. The summed E-state index contributed by atoms with van der Waals surface area (Å²) in [5.41, 5.74) is 0.966. The molecular weight excluding hydrogens is 176 g/mol. The van der Waals surface area contributed by atoms with Crippen molar-refractivity contribution in [1.29, 1.82) is 0 Å². The van der Waals surface area contributed by atoms with Crippen molar-refractivity contribution in [1.82, 2.24) is 10.3 Å². The maximum absolute atomic E-state index is 9.90. The molecule has 2 N–H and O–H groups in total. The van der Waals surface area contributed by atoms with Crippen LogP contribution in [0.5, 0.6) is 0 Å². The van der Waals surface area contributed by atoms with Crippen molar-refractivity contribution in [3.8, 4) is 0 Å². The van der Waals surface area contributed by atoms with Crippen molar-refractivity contribution >= 4 is 0 Å². The van der Waals surface area contributed by atoms with Crippen molar-refractivity contribution in [3.05, 3.63) is 30.1 Å². The largest absolute Gasteiger partial charge is 0.391 e. The SMILES string of the molecule is OC(Cc1ccccn1)[C@H]1CCCN1. The molecule has 3 nitrogen and oxygen atoms in total. The topological polar surface area (TPSA) is 45.2 Å². The Hall–Kier alpha value is -0.930. The molecule has 0 radical (unpaired) electrons. The molecule has 1 aromatic heterocycles. The van der Waals surface area contributed by atoms with Gasteiger partial charge in [0.15, 0.2) is 0 Å². The predicted octanol–water partition coefficient (Wildman–Crippen LogP) is 0.737. The Morgan fingerprint density at radius 1 is 1.57 bits per heavy atom. The van der Waals surface area contributed by atoms with Gasteiger partial charge in [0.25, 0.3) is 0 Å². The van der Waals surface area contributed by atoms with E-state index in [1.807, 2.05) is 18.2 Å². The first-order valence-electron chi connectivity index (χ1n) is 5.17. The van der Waals surface area contributed by atoms with Gasteiger partial charge in [-0.1, -0.05) is 6.07 Å². The maximum Gasteiger partial charge on any atom is 0.0748 e. The molecule has 0 aromatic carbocycles. The third kappa shape index (κ3) is 2.30. The molecule has 2 atom stereocenters. The molecule has 76 valence electrons. The Morgan fingerprint density at radius 3 is 3.14 bits per heavy atom. The Bertz CT molecular complexity index is 270. The minimum absolute atomic E-state index is 0.261. The second-order valence-electron chi connectivity index (χ2n) is 3.80. The summed E-state index contributed by atoms with van der Waals surface area (Å²) in [5, 5.41) is 13.2. The maximum atomic E-state index is 9.90. The van der Waals surface area contributed by atoms with Crippen LogP contribution < -0.4 is 5.32 Å². The van der Waals surface area contributed by atoms with Gasteiger partial charge in [0.2, 0.25) is 0 Å². The highest BCUT2D eigenvalue weighted by Crippen LogP contribution is 2.12. The first-order valence-corrected chi connectivity index (χ1v) is 5.17. The van der Waals surface area contributed by atoms with Gasteiger partial charge in [0, 0.05) is 24.4 Å². The minimum Gasteiger partial charge on any atom is -0.391 e. The van der Waals surface area contributed by atoms with E-state index in [2.05, 4.69) is 10.3 Å². The summed E-state index contributed by atoms with van der Waals surface area (Å²) >= 11 is 0. The molecule has 0 saturated carbocycles. The Kier molecular flexibility index (Phi) is 3.11. The molecule has 0 aliphatic carbocycles. The summed E-state index contributed by atoms with van der Waals surface area (Å²) in [6.07, 6.45) is 4.37. The van der Waals surface area contributed by atoms with Crippen molar-refractivity contribution in [2.45, 2.75) is 31.4 Å². The van der Waals surface area contributed by atoms with Crippen LogP contribution in [0.15, 0.2) is 24.4 Å². The zero-order valence-corrected chi connectivity index (χ0v) is 8.19. The van der Waals surface area contributed by atoms with E-state index in [9.17, 15) is 5.11 Å². The molecule has 0 amide bonds. The Balaban J connectivity index is 1.90. The van der Waals surface area contributed by atoms with E-state index in [4.69, 9.17) is 0 Å². The lowest BCUT2D eigenvalue weighted by molar-refractivity contribution is 0.135. The fourth-order valence-corrected chi connectivity index (χ4v) is 1.92. The molecule has 1 saturated heterocycles. The smallest absolute Gasteiger partial charge is 0.0748 e. The van der Waals surface area contributed by atoms with Gasteiger partial charge in [-0.2, -0.15) is 0 Å². The molecular formula is C11H16N2O. The number of hydrogen-bond acceptors (Lipinski definition) is 3. The number of aliphatic hydroxyl groups excluding tert-OH is 1. The van der Waals surface area contributed by atoms with E-state index in [-0.39, 0.29) is 12.1 Å². The number of aromatic nitrogens is 1. The van der Waals surface area contributed by atoms with Crippen molar-refractivity contribution < 1.29 is 5.11 Å². The number of aliphatic hydroxyl groups is 1. The van der Waals surface area contributed by atoms with Crippen LogP contribution in [0, 0.1) is 0 Å². The normalized spacial score (nSPS) is 23.6. The van der Waals surface area contributed by atoms with Gasteiger partial charge in [-0.25, -0.2) is 0 Å². The molecule has 14 heavy (non-hydrogen) atoms. The number of nitrogens with zero attached hydrogens (tertiary/aromatic N) is 1. The van der Waals surface area contributed by atoms with Gasteiger partial charge >= 0.3 is 0 Å². The van der Waals surface area contributed by atoms with Crippen LogP contribution in [0.25, 0.3) is 0 Å². The van der Waals surface area contributed by atoms with E-state index in [1.54, 1.807) is 6.20 Å². The van der Waals surface area contributed by atoms with Crippen molar-refractivity contribution in [2.75, 3.05) is 6.54 Å². The summed E-state index contributed by atoms with van der Waals surface area (Å²) < 4.78 is 0. The van der Waals surface area contributed by atoms with E-state index in [0.717, 1.165) is 18.7 Å². The lowest BCUT2D eigenvalue weighted by Gasteiger charge is -2.17. The van der Waals surface area contributed by atoms with Gasteiger partial charge < -0.3 is 10.4 Å². The average molecular weight is 192 g/mol. The predicted molar refractivity (Wildman–Crippen MR) is 55.0 cm³/mol. The summed E-state index contributed by atoms with van der Waals surface area (Å²) in [7, 11) is 0. The first-order chi connectivity index (χ1) is 6.86. The van der Waals surface area contributed by atoms with Crippen molar-refractivity contribution in [3.63, 3.8) is 0 Å². The average Bonchev–Trinajstić information content (AvgIpc) is 2.72. The molecule has 2 heterocycles. The summed E-state index contributed by atoms with van der Waals surface area (Å²) in [6, 6.07) is 6.07. The summed E-state index contributed by atoms with van der Waals surface area (Å²) in [5.74, 6) is 0. The van der Waals surface area contributed by atoms with Crippen LogP contribution in [0.3, 0.4) is 0 Å². The van der Waals surface area contributed by atoms with E-state index >= 15 is 0 Å². The van der Waals surface area contributed by atoms with E-state index in [1.165, 1.54) is 6.42 Å². The molecule has 1 aliphatic rings. The zero-order valence-electron chi connectivity index (χ0n) is 8.19. The highest BCUT2D eigenvalue weighted by atomic mass is 16.3. The Labute approximate surface area is 84.2 Å².